The summed E-state index contributed by atoms with van der Waals surface area (Å²) in [4.78, 5) is 6.81. The molecule has 1 aliphatic rings. The Morgan fingerprint density at radius 3 is 2.82 bits per heavy atom. The normalized spacial score (nSPS) is 20.5. The van der Waals surface area contributed by atoms with Crippen molar-refractivity contribution >= 4 is 11.3 Å². The highest BCUT2D eigenvalue weighted by Crippen LogP contribution is 2.26. The second-order valence-electron chi connectivity index (χ2n) is 6.67. The number of aryl methyl sites for hydroxylation is 1. The van der Waals surface area contributed by atoms with Gasteiger partial charge in [0.25, 0.3) is 0 Å². The van der Waals surface area contributed by atoms with E-state index in [1.54, 1.807) is 11.3 Å². The zero-order chi connectivity index (χ0) is 15.7. The molecule has 22 heavy (non-hydrogen) atoms. The van der Waals surface area contributed by atoms with Crippen LogP contribution in [0.5, 0.6) is 0 Å². The number of ether oxygens (including phenoxy) is 1. The van der Waals surface area contributed by atoms with Crippen LogP contribution in [0.3, 0.4) is 0 Å². The van der Waals surface area contributed by atoms with Gasteiger partial charge in [0.2, 0.25) is 11.8 Å². The summed E-state index contributed by atoms with van der Waals surface area (Å²) in [5.74, 6) is 1.35. The third-order valence-electron chi connectivity index (χ3n) is 3.53. The van der Waals surface area contributed by atoms with E-state index in [2.05, 4.69) is 46.2 Å². The third-order valence-corrected chi connectivity index (χ3v) is 4.58. The Morgan fingerprint density at radius 1 is 1.36 bits per heavy atom. The van der Waals surface area contributed by atoms with Crippen LogP contribution in [0.1, 0.15) is 49.4 Å². The first kappa shape index (κ1) is 15.6. The average molecular weight is 322 g/mol. The fourth-order valence-electron chi connectivity index (χ4n) is 2.33. The first-order chi connectivity index (χ1) is 10.4. The minimum absolute atomic E-state index is 0.0393. The first-order valence-corrected chi connectivity index (χ1v) is 8.38. The molecule has 3 heterocycles. The molecule has 1 fully saturated rings. The summed E-state index contributed by atoms with van der Waals surface area (Å²) in [5.41, 5.74) is 0.935. The molecule has 0 aromatic carbocycles. The number of morpholine rings is 1. The minimum atomic E-state index is -0.114. The highest BCUT2D eigenvalue weighted by atomic mass is 32.1. The van der Waals surface area contributed by atoms with Crippen molar-refractivity contribution in [2.45, 2.75) is 45.8 Å². The summed E-state index contributed by atoms with van der Waals surface area (Å²) in [6.07, 6.45) is 0.0393. The maximum atomic E-state index is 5.84. The SMILES string of the molecule is Cc1csc([C@H]2CN(Cc3nnc(C(C)(C)C)o3)CCO2)n1. The zero-order valence-electron chi connectivity index (χ0n) is 13.5. The molecular formula is C15H22N4O2S. The third kappa shape index (κ3) is 3.53. The lowest BCUT2D eigenvalue weighted by Gasteiger charge is -2.30. The highest BCUT2D eigenvalue weighted by molar-refractivity contribution is 7.09. The molecule has 0 N–H and O–H groups in total. The van der Waals surface area contributed by atoms with Crippen molar-refractivity contribution < 1.29 is 9.15 Å². The van der Waals surface area contributed by atoms with Gasteiger partial charge in [-0.15, -0.1) is 21.5 Å². The second kappa shape index (κ2) is 6.06. The number of thiazole rings is 1. The van der Waals surface area contributed by atoms with Gasteiger partial charge < -0.3 is 9.15 Å². The van der Waals surface area contributed by atoms with Gasteiger partial charge in [-0.05, 0) is 6.92 Å². The lowest BCUT2D eigenvalue weighted by atomic mass is 9.97. The summed E-state index contributed by atoms with van der Waals surface area (Å²) in [6, 6.07) is 0. The molecule has 2 aromatic heterocycles. The number of nitrogens with zero attached hydrogens (tertiary/aromatic N) is 4. The largest absolute Gasteiger partial charge is 0.423 e. The number of rotatable bonds is 3. The predicted octanol–water partition coefficient (Wildman–Crippen LogP) is 2.71. The van der Waals surface area contributed by atoms with E-state index in [1.165, 1.54) is 0 Å². The molecule has 0 unspecified atom stereocenters. The van der Waals surface area contributed by atoms with Crippen LogP contribution in [0.25, 0.3) is 0 Å². The van der Waals surface area contributed by atoms with E-state index in [0.29, 0.717) is 24.9 Å². The molecule has 120 valence electrons. The lowest BCUT2D eigenvalue weighted by Crippen LogP contribution is -2.37. The number of hydrogen-bond donors (Lipinski definition) is 0. The molecule has 0 amide bonds. The Hall–Kier alpha value is -1.31. The summed E-state index contributed by atoms with van der Waals surface area (Å²) < 4.78 is 11.6. The first-order valence-electron chi connectivity index (χ1n) is 7.50. The topological polar surface area (TPSA) is 64.3 Å². The second-order valence-corrected chi connectivity index (χ2v) is 7.56. The van der Waals surface area contributed by atoms with E-state index in [9.17, 15) is 0 Å². The monoisotopic (exact) mass is 322 g/mol. The van der Waals surface area contributed by atoms with Crippen LogP contribution in [-0.4, -0.2) is 39.8 Å². The van der Waals surface area contributed by atoms with Gasteiger partial charge in [-0.3, -0.25) is 4.90 Å². The fourth-order valence-corrected chi connectivity index (χ4v) is 3.16. The Balaban J connectivity index is 1.64. The van der Waals surface area contributed by atoms with Gasteiger partial charge in [-0.1, -0.05) is 20.8 Å². The van der Waals surface area contributed by atoms with Gasteiger partial charge in [0, 0.05) is 29.6 Å². The van der Waals surface area contributed by atoms with Crippen molar-refractivity contribution in [2.75, 3.05) is 19.7 Å². The summed E-state index contributed by atoms with van der Waals surface area (Å²) in [6.45, 7) is 11.2. The van der Waals surface area contributed by atoms with Crippen molar-refractivity contribution in [1.29, 1.82) is 0 Å². The Kier molecular flexibility index (Phi) is 4.29. The van der Waals surface area contributed by atoms with Crippen LogP contribution in [0.2, 0.25) is 0 Å². The Bertz CT molecular complexity index is 632. The van der Waals surface area contributed by atoms with Crippen molar-refractivity contribution in [3.8, 4) is 0 Å². The van der Waals surface area contributed by atoms with Crippen LogP contribution < -0.4 is 0 Å². The highest BCUT2D eigenvalue weighted by Gasteiger charge is 2.27. The van der Waals surface area contributed by atoms with Gasteiger partial charge in [0.1, 0.15) is 11.1 Å². The molecule has 7 heteroatoms. The van der Waals surface area contributed by atoms with Crippen LogP contribution in [0, 0.1) is 6.92 Å². The molecule has 2 aromatic rings. The maximum Gasteiger partial charge on any atom is 0.230 e. The summed E-state index contributed by atoms with van der Waals surface area (Å²) >= 11 is 1.66. The van der Waals surface area contributed by atoms with Gasteiger partial charge in [-0.2, -0.15) is 0 Å². The molecule has 0 bridgehead atoms. The smallest absolute Gasteiger partial charge is 0.230 e. The molecule has 6 nitrogen and oxygen atoms in total. The van der Waals surface area contributed by atoms with Crippen LogP contribution >= 0.6 is 11.3 Å². The standard InChI is InChI=1S/C15H22N4O2S/c1-10-9-22-13(16-10)11-7-19(5-6-20-11)8-12-17-18-14(21-12)15(2,3)4/h9,11H,5-8H2,1-4H3/t11-/m1/s1. The van der Waals surface area contributed by atoms with Crippen molar-refractivity contribution in [1.82, 2.24) is 20.1 Å². The van der Waals surface area contributed by atoms with E-state index in [1.807, 2.05) is 6.92 Å². The lowest BCUT2D eigenvalue weighted by molar-refractivity contribution is -0.0354. The molecule has 0 spiro atoms. The molecule has 0 saturated carbocycles. The minimum Gasteiger partial charge on any atom is -0.423 e. The van der Waals surface area contributed by atoms with Crippen LogP contribution in [0.4, 0.5) is 0 Å². The maximum absolute atomic E-state index is 5.84. The quantitative estimate of drug-likeness (QED) is 0.866. The van der Waals surface area contributed by atoms with E-state index in [-0.39, 0.29) is 11.5 Å². The summed E-state index contributed by atoms with van der Waals surface area (Å²) in [5, 5.41) is 11.4. The van der Waals surface area contributed by atoms with Gasteiger partial charge in [0.15, 0.2) is 0 Å². The van der Waals surface area contributed by atoms with Crippen LogP contribution in [-0.2, 0) is 16.7 Å². The number of aromatic nitrogens is 3. The van der Waals surface area contributed by atoms with Gasteiger partial charge >= 0.3 is 0 Å². The molecule has 3 rings (SSSR count). The van der Waals surface area contributed by atoms with Crippen molar-refractivity contribution in [3.05, 3.63) is 27.9 Å². The molecule has 0 aliphatic carbocycles. The van der Waals surface area contributed by atoms with Gasteiger partial charge in [0.05, 0.1) is 13.2 Å². The van der Waals surface area contributed by atoms with Gasteiger partial charge in [-0.25, -0.2) is 4.98 Å². The molecule has 1 atom stereocenters. The summed E-state index contributed by atoms with van der Waals surface area (Å²) in [7, 11) is 0. The molecular weight excluding hydrogens is 300 g/mol. The Morgan fingerprint density at radius 2 is 2.18 bits per heavy atom. The molecule has 0 radical (unpaired) electrons. The van der Waals surface area contributed by atoms with Crippen LogP contribution in [0.15, 0.2) is 9.80 Å². The van der Waals surface area contributed by atoms with Crippen molar-refractivity contribution in [3.63, 3.8) is 0 Å². The predicted molar refractivity (Wildman–Crippen MR) is 83.8 cm³/mol. The molecule has 1 saturated heterocycles. The van der Waals surface area contributed by atoms with E-state index < -0.39 is 0 Å². The molecule has 1 aliphatic heterocycles. The van der Waals surface area contributed by atoms with E-state index >= 15 is 0 Å². The fraction of sp³-hybridized carbons (Fsp3) is 0.667. The Labute approximate surface area is 134 Å². The average Bonchev–Trinajstić information content (AvgIpc) is 3.08. The zero-order valence-corrected chi connectivity index (χ0v) is 14.3. The number of hydrogen-bond acceptors (Lipinski definition) is 7. The van der Waals surface area contributed by atoms with E-state index in [0.717, 1.165) is 23.8 Å². The van der Waals surface area contributed by atoms with E-state index in [4.69, 9.17) is 9.15 Å². The van der Waals surface area contributed by atoms with Crippen molar-refractivity contribution in [2.24, 2.45) is 0 Å².